The molecule has 6 nitrogen and oxygen atoms in total. The lowest BCUT2D eigenvalue weighted by atomic mass is 9.83. The van der Waals surface area contributed by atoms with E-state index in [4.69, 9.17) is 18.6 Å². The predicted molar refractivity (Wildman–Crippen MR) is 86.5 cm³/mol. The third-order valence-corrected chi connectivity index (χ3v) is 5.78. The number of fused-ring (bicyclic) bond motifs is 6. The topological polar surface area (TPSA) is 78.3 Å². The number of rotatable bonds is 1. The third-order valence-electron chi connectivity index (χ3n) is 5.78. The van der Waals surface area contributed by atoms with Gasteiger partial charge in [-0.15, -0.1) is 0 Å². The molecule has 0 N–H and O–H groups in total. The number of hydrogen-bond acceptors (Lipinski definition) is 6. The summed E-state index contributed by atoms with van der Waals surface area (Å²) in [6, 6.07) is 3.67. The van der Waals surface area contributed by atoms with Gasteiger partial charge < -0.3 is 18.6 Å². The second-order valence-corrected chi connectivity index (χ2v) is 7.10. The fraction of sp³-hybridized carbons (Fsp3) is 0.300. The van der Waals surface area contributed by atoms with E-state index in [1.54, 1.807) is 18.6 Å². The molecule has 6 rings (SSSR count). The lowest BCUT2D eigenvalue weighted by molar-refractivity contribution is -0.135. The molecule has 26 heavy (non-hydrogen) atoms. The van der Waals surface area contributed by atoms with Crippen molar-refractivity contribution in [2.75, 3.05) is 6.61 Å². The van der Waals surface area contributed by atoms with E-state index in [1.807, 2.05) is 19.1 Å². The van der Waals surface area contributed by atoms with Gasteiger partial charge in [0.05, 0.1) is 24.0 Å². The molecule has 4 atom stereocenters. The lowest BCUT2D eigenvalue weighted by Crippen LogP contribution is -2.09. The summed E-state index contributed by atoms with van der Waals surface area (Å²) in [5.74, 6) is -0.807. The Morgan fingerprint density at radius 1 is 1.15 bits per heavy atom. The van der Waals surface area contributed by atoms with Gasteiger partial charge in [-0.05, 0) is 41.8 Å². The smallest absolute Gasteiger partial charge is 0.339 e. The van der Waals surface area contributed by atoms with Gasteiger partial charge in [0.1, 0.15) is 18.8 Å². The van der Waals surface area contributed by atoms with E-state index in [0.717, 1.165) is 27.8 Å². The maximum atomic E-state index is 12.5. The summed E-state index contributed by atoms with van der Waals surface area (Å²) in [6.45, 7) is 2.30. The number of esters is 2. The lowest BCUT2D eigenvalue weighted by Gasteiger charge is -2.19. The van der Waals surface area contributed by atoms with Gasteiger partial charge in [0.15, 0.2) is 6.10 Å². The summed E-state index contributed by atoms with van der Waals surface area (Å²) in [5, 5.41) is 0. The van der Waals surface area contributed by atoms with Gasteiger partial charge >= 0.3 is 11.9 Å². The highest BCUT2D eigenvalue weighted by atomic mass is 16.6. The Bertz CT molecular complexity index is 1020. The standard InChI is InChI=1S/C20H14O6/c1-8-15-10(13-7-24-19(21)11(13)5-14-18(15)25-14)4-12-16(8)17(26-20(12)22)9-2-3-23-6-9/h2-6,13-14,17-18H,7H2,1H3/t13-,14+,17+,18-/m1/s1. The zero-order chi connectivity index (χ0) is 17.6. The van der Waals surface area contributed by atoms with E-state index in [-0.39, 0.29) is 30.1 Å². The van der Waals surface area contributed by atoms with Gasteiger partial charge in [-0.1, -0.05) is 0 Å². The summed E-state index contributed by atoms with van der Waals surface area (Å²) in [4.78, 5) is 24.6. The van der Waals surface area contributed by atoms with Gasteiger partial charge in [-0.25, -0.2) is 9.59 Å². The first-order chi connectivity index (χ1) is 12.6. The summed E-state index contributed by atoms with van der Waals surface area (Å²) in [5.41, 5.74) is 5.82. The molecule has 1 aromatic heterocycles. The van der Waals surface area contributed by atoms with E-state index >= 15 is 0 Å². The Hall–Kier alpha value is -2.86. The van der Waals surface area contributed by atoms with Crippen LogP contribution in [0, 0.1) is 6.92 Å². The van der Waals surface area contributed by atoms with Gasteiger partial charge in [0.25, 0.3) is 0 Å². The number of ether oxygens (including phenoxy) is 3. The van der Waals surface area contributed by atoms with E-state index in [9.17, 15) is 9.59 Å². The van der Waals surface area contributed by atoms with Crippen molar-refractivity contribution in [1.82, 2.24) is 0 Å². The number of carbonyl (C=O) groups excluding carboxylic acids is 2. The molecule has 0 spiro atoms. The van der Waals surface area contributed by atoms with Crippen LogP contribution in [0.15, 0.2) is 40.7 Å². The van der Waals surface area contributed by atoms with Crippen molar-refractivity contribution in [2.24, 2.45) is 0 Å². The molecule has 6 heteroatoms. The van der Waals surface area contributed by atoms with Crippen LogP contribution in [0.25, 0.3) is 0 Å². The van der Waals surface area contributed by atoms with Crippen LogP contribution in [0.3, 0.4) is 0 Å². The molecule has 0 unspecified atom stereocenters. The van der Waals surface area contributed by atoms with Crippen molar-refractivity contribution in [3.8, 4) is 0 Å². The molecule has 2 saturated heterocycles. The molecule has 2 aromatic rings. The van der Waals surface area contributed by atoms with Crippen molar-refractivity contribution >= 4 is 11.9 Å². The Morgan fingerprint density at radius 3 is 2.85 bits per heavy atom. The average molecular weight is 350 g/mol. The largest absolute Gasteiger partial charge is 0.472 e. The maximum absolute atomic E-state index is 12.5. The molecule has 4 heterocycles. The molecule has 0 amide bonds. The summed E-state index contributed by atoms with van der Waals surface area (Å²) >= 11 is 0. The Balaban J connectivity index is 1.59. The van der Waals surface area contributed by atoms with Crippen LogP contribution in [0.2, 0.25) is 0 Å². The van der Waals surface area contributed by atoms with Crippen LogP contribution in [-0.4, -0.2) is 24.6 Å². The van der Waals surface area contributed by atoms with Crippen LogP contribution < -0.4 is 0 Å². The Morgan fingerprint density at radius 2 is 2.04 bits per heavy atom. The molecule has 1 aliphatic carbocycles. The second-order valence-electron chi connectivity index (χ2n) is 7.10. The van der Waals surface area contributed by atoms with Crippen molar-refractivity contribution in [3.05, 3.63) is 69.7 Å². The second kappa shape index (κ2) is 4.65. The number of furan rings is 1. The molecule has 130 valence electrons. The van der Waals surface area contributed by atoms with E-state index < -0.39 is 6.10 Å². The zero-order valence-electron chi connectivity index (χ0n) is 13.9. The first-order valence-corrected chi connectivity index (χ1v) is 8.58. The first-order valence-electron chi connectivity index (χ1n) is 8.58. The number of cyclic esters (lactones) is 2. The normalized spacial score (nSPS) is 30.4. The summed E-state index contributed by atoms with van der Waals surface area (Å²) in [7, 11) is 0. The van der Waals surface area contributed by atoms with Crippen LogP contribution in [-0.2, 0) is 19.0 Å². The molecule has 3 aliphatic heterocycles. The highest BCUT2D eigenvalue weighted by molar-refractivity contribution is 5.97. The van der Waals surface area contributed by atoms with Crippen molar-refractivity contribution in [3.63, 3.8) is 0 Å². The minimum absolute atomic E-state index is 0.0816. The van der Waals surface area contributed by atoms with Gasteiger partial charge in [0.2, 0.25) is 0 Å². The van der Waals surface area contributed by atoms with Gasteiger partial charge in [0, 0.05) is 16.7 Å². The molecular weight excluding hydrogens is 336 g/mol. The number of hydrogen-bond donors (Lipinski definition) is 0. The summed E-state index contributed by atoms with van der Waals surface area (Å²) < 4.78 is 21.9. The molecule has 0 radical (unpaired) electrons. The highest BCUT2D eigenvalue weighted by Gasteiger charge is 2.50. The third kappa shape index (κ3) is 1.69. The molecule has 0 saturated carbocycles. The quantitative estimate of drug-likeness (QED) is 0.581. The number of epoxide rings is 1. The minimum Gasteiger partial charge on any atom is -0.472 e. The zero-order valence-corrected chi connectivity index (χ0v) is 13.9. The average Bonchev–Trinajstić information content (AvgIpc) is 2.95. The van der Waals surface area contributed by atoms with Crippen molar-refractivity contribution in [2.45, 2.75) is 31.2 Å². The van der Waals surface area contributed by atoms with Crippen LogP contribution >= 0.6 is 0 Å². The van der Waals surface area contributed by atoms with Crippen LogP contribution in [0.4, 0.5) is 0 Å². The Kier molecular flexibility index (Phi) is 2.56. The monoisotopic (exact) mass is 350 g/mol. The van der Waals surface area contributed by atoms with Crippen molar-refractivity contribution < 1.29 is 28.2 Å². The fourth-order valence-corrected chi connectivity index (χ4v) is 4.51. The first kappa shape index (κ1) is 14.3. The SMILES string of the molecule is Cc1c2c(cc3c1[C@@H]1O[C@H]1C=C1C(=O)OC[C@@H]13)C(=O)O[C@H]2c1ccoc1. The predicted octanol–water partition coefficient (Wildman–Crippen LogP) is 2.87. The molecule has 4 aliphatic rings. The molecule has 1 aromatic carbocycles. The van der Waals surface area contributed by atoms with Crippen molar-refractivity contribution in [1.29, 1.82) is 0 Å². The number of carbonyl (C=O) groups is 2. The van der Waals surface area contributed by atoms with Gasteiger partial charge in [-0.2, -0.15) is 0 Å². The van der Waals surface area contributed by atoms with E-state index in [0.29, 0.717) is 17.7 Å². The van der Waals surface area contributed by atoms with Gasteiger partial charge in [-0.3, -0.25) is 0 Å². The molecular formula is C20H14O6. The van der Waals surface area contributed by atoms with E-state index in [2.05, 4.69) is 0 Å². The fourth-order valence-electron chi connectivity index (χ4n) is 4.51. The van der Waals surface area contributed by atoms with E-state index in [1.165, 1.54) is 0 Å². The molecule has 0 bridgehead atoms. The van der Waals surface area contributed by atoms with Crippen LogP contribution in [0.1, 0.15) is 56.3 Å². The number of benzene rings is 1. The highest BCUT2D eigenvalue weighted by Crippen LogP contribution is 2.53. The van der Waals surface area contributed by atoms with Crippen LogP contribution in [0.5, 0.6) is 0 Å². The Labute approximate surface area is 148 Å². The minimum atomic E-state index is -0.476. The maximum Gasteiger partial charge on any atom is 0.339 e. The summed E-state index contributed by atoms with van der Waals surface area (Å²) in [6.07, 6.45) is 4.37. The molecule has 2 fully saturated rings.